The van der Waals surface area contributed by atoms with Gasteiger partial charge < -0.3 is 10.6 Å². The highest BCUT2D eigenvalue weighted by Gasteiger charge is 2.05. The molecular weight excluding hydrogens is 312 g/mol. The SMILES string of the molecule is O=C(NCc1cc2ccccn2n1)NCc1cccc2ccccc12. The van der Waals surface area contributed by atoms with E-state index < -0.39 is 0 Å². The average molecular weight is 330 g/mol. The van der Waals surface area contributed by atoms with Crippen molar-refractivity contribution in [1.29, 1.82) is 0 Å². The first-order chi connectivity index (χ1) is 12.3. The molecule has 0 unspecified atom stereocenters. The highest BCUT2D eigenvalue weighted by Crippen LogP contribution is 2.18. The lowest BCUT2D eigenvalue weighted by Gasteiger charge is -2.09. The Balaban J connectivity index is 1.37. The average Bonchev–Trinajstić information content (AvgIpc) is 3.07. The minimum absolute atomic E-state index is 0.204. The maximum atomic E-state index is 12.1. The molecule has 5 heteroatoms. The Morgan fingerprint density at radius 1 is 0.920 bits per heavy atom. The topological polar surface area (TPSA) is 58.4 Å². The van der Waals surface area contributed by atoms with Crippen LogP contribution >= 0.6 is 0 Å². The zero-order valence-electron chi connectivity index (χ0n) is 13.6. The van der Waals surface area contributed by atoms with Gasteiger partial charge in [-0.2, -0.15) is 5.10 Å². The summed E-state index contributed by atoms with van der Waals surface area (Å²) in [4.78, 5) is 12.1. The Morgan fingerprint density at radius 2 is 1.72 bits per heavy atom. The van der Waals surface area contributed by atoms with E-state index in [0.717, 1.165) is 22.2 Å². The van der Waals surface area contributed by atoms with Crippen LogP contribution in [0.25, 0.3) is 16.3 Å². The number of benzene rings is 2. The lowest BCUT2D eigenvalue weighted by Crippen LogP contribution is -2.34. The van der Waals surface area contributed by atoms with Gasteiger partial charge in [0, 0.05) is 12.7 Å². The molecule has 5 nitrogen and oxygen atoms in total. The summed E-state index contributed by atoms with van der Waals surface area (Å²) < 4.78 is 1.80. The van der Waals surface area contributed by atoms with Crippen LogP contribution < -0.4 is 10.6 Å². The monoisotopic (exact) mass is 330 g/mol. The van der Waals surface area contributed by atoms with E-state index in [1.165, 1.54) is 5.39 Å². The largest absolute Gasteiger partial charge is 0.334 e. The van der Waals surface area contributed by atoms with E-state index >= 15 is 0 Å². The summed E-state index contributed by atoms with van der Waals surface area (Å²) >= 11 is 0. The number of pyridine rings is 1. The van der Waals surface area contributed by atoms with E-state index in [1.807, 2.05) is 54.7 Å². The van der Waals surface area contributed by atoms with Crippen LogP contribution in [0.1, 0.15) is 11.3 Å². The number of nitrogens with one attached hydrogen (secondary N) is 2. The number of rotatable bonds is 4. The second kappa shape index (κ2) is 6.65. The molecule has 0 saturated carbocycles. The van der Waals surface area contributed by atoms with Crippen molar-refractivity contribution >= 4 is 22.3 Å². The predicted molar refractivity (Wildman–Crippen MR) is 98.2 cm³/mol. The molecule has 25 heavy (non-hydrogen) atoms. The Labute approximate surface area is 145 Å². The van der Waals surface area contributed by atoms with Crippen LogP contribution in [0.3, 0.4) is 0 Å². The van der Waals surface area contributed by atoms with Crippen molar-refractivity contribution in [2.45, 2.75) is 13.1 Å². The van der Waals surface area contributed by atoms with Gasteiger partial charge in [0.1, 0.15) is 0 Å². The number of hydrogen-bond donors (Lipinski definition) is 2. The number of carbonyl (C=O) groups is 1. The molecule has 0 spiro atoms. The Kier molecular flexibility index (Phi) is 4.04. The molecule has 0 atom stereocenters. The fourth-order valence-corrected chi connectivity index (χ4v) is 2.93. The number of aromatic nitrogens is 2. The third-order valence-corrected chi connectivity index (χ3v) is 4.17. The van der Waals surface area contributed by atoms with Gasteiger partial charge in [-0.25, -0.2) is 9.31 Å². The van der Waals surface area contributed by atoms with Crippen LogP contribution in [-0.2, 0) is 13.1 Å². The first kappa shape index (κ1) is 15.2. The molecule has 2 N–H and O–H groups in total. The van der Waals surface area contributed by atoms with E-state index in [2.05, 4.69) is 33.9 Å². The van der Waals surface area contributed by atoms with Crippen molar-refractivity contribution in [3.05, 3.63) is 84.2 Å². The van der Waals surface area contributed by atoms with Gasteiger partial charge in [0.2, 0.25) is 0 Å². The molecule has 2 heterocycles. The van der Waals surface area contributed by atoms with Crippen molar-refractivity contribution in [3.63, 3.8) is 0 Å². The Hall–Kier alpha value is -3.34. The third kappa shape index (κ3) is 3.30. The normalized spacial score (nSPS) is 10.9. The molecule has 0 aliphatic heterocycles. The van der Waals surface area contributed by atoms with Crippen molar-refractivity contribution in [2.24, 2.45) is 0 Å². The highest BCUT2D eigenvalue weighted by atomic mass is 16.2. The minimum Gasteiger partial charge on any atom is -0.334 e. The van der Waals surface area contributed by atoms with Crippen LogP contribution in [0.4, 0.5) is 4.79 Å². The van der Waals surface area contributed by atoms with Gasteiger partial charge in [0.05, 0.1) is 17.8 Å². The van der Waals surface area contributed by atoms with Gasteiger partial charge in [0.15, 0.2) is 0 Å². The predicted octanol–water partition coefficient (Wildman–Crippen LogP) is 3.49. The molecule has 0 saturated heterocycles. The molecule has 0 radical (unpaired) electrons. The second-order valence-corrected chi connectivity index (χ2v) is 5.88. The van der Waals surface area contributed by atoms with Crippen LogP contribution in [0, 0.1) is 0 Å². The zero-order valence-corrected chi connectivity index (χ0v) is 13.6. The van der Waals surface area contributed by atoms with Crippen LogP contribution in [0.5, 0.6) is 0 Å². The maximum Gasteiger partial charge on any atom is 0.315 e. The molecule has 0 fully saturated rings. The van der Waals surface area contributed by atoms with Crippen molar-refractivity contribution < 1.29 is 4.79 Å². The van der Waals surface area contributed by atoms with E-state index in [1.54, 1.807) is 4.52 Å². The zero-order chi connectivity index (χ0) is 17.1. The summed E-state index contributed by atoms with van der Waals surface area (Å²) in [5.41, 5.74) is 2.93. The lowest BCUT2D eigenvalue weighted by atomic mass is 10.0. The molecule has 2 amide bonds. The first-order valence-electron chi connectivity index (χ1n) is 8.21. The standard InChI is InChI=1S/C20H18N4O/c25-20(22-14-17-12-18-9-3-4-11-24(18)23-17)21-13-16-8-5-7-15-6-1-2-10-19(15)16/h1-12H,13-14H2,(H2,21,22,25). The summed E-state index contributed by atoms with van der Waals surface area (Å²) in [5.74, 6) is 0. The molecule has 124 valence electrons. The van der Waals surface area contributed by atoms with Crippen LogP contribution in [-0.4, -0.2) is 15.6 Å². The van der Waals surface area contributed by atoms with Crippen LogP contribution in [0.15, 0.2) is 72.9 Å². The van der Waals surface area contributed by atoms with Crippen molar-refractivity contribution in [3.8, 4) is 0 Å². The molecular formula is C20H18N4O. The van der Waals surface area contributed by atoms with Crippen molar-refractivity contribution in [2.75, 3.05) is 0 Å². The van der Waals surface area contributed by atoms with Gasteiger partial charge in [-0.15, -0.1) is 0 Å². The number of nitrogens with zero attached hydrogens (tertiary/aromatic N) is 2. The fraction of sp³-hybridized carbons (Fsp3) is 0.100. The molecule has 0 bridgehead atoms. The molecule has 2 aromatic carbocycles. The summed E-state index contributed by atoms with van der Waals surface area (Å²) in [6, 6.07) is 21.9. The molecule has 0 aliphatic carbocycles. The number of hydrogen-bond acceptors (Lipinski definition) is 2. The van der Waals surface area contributed by atoms with Crippen molar-refractivity contribution in [1.82, 2.24) is 20.2 Å². The summed E-state index contributed by atoms with van der Waals surface area (Å²) in [7, 11) is 0. The van der Waals surface area contributed by atoms with Gasteiger partial charge in [-0.05, 0) is 34.5 Å². The minimum atomic E-state index is -0.204. The maximum absolute atomic E-state index is 12.1. The quantitative estimate of drug-likeness (QED) is 0.602. The highest BCUT2D eigenvalue weighted by molar-refractivity contribution is 5.86. The van der Waals surface area contributed by atoms with Gasteiger partial charge in [-0.1, -0.05) is 48.5 Å². The van der Waals surface area contributed by atoms with Gasteiger partial charge in [0.25, 0.3) is 0 Å². The molecule has 2 aromatic heterocycles. The number of amides is 2. The summed E-state index contributed by atoms with van der Waals surface area (Å²) in [6.07, 6.45) is 1.89. The van der Waals surface area contributed by atoms with E-state index in [4.69, 9.17) is 0 Å². The van der Waals surface area contributed by atoms with Crippen LogP contribution in [0.2, 0.25) is 0 Å². The van der Waals surface area contributed by atoms with Gasteiger partial charge in [-0.3, -0.25) is 0 Å². The number of carbonyl (C=O) groups excluding carboxylic acids is 1. The molecule has 0 aliphatic rings. The van der Waals surface area contributed by atoms with E-state index in [0.29, 0.717) is 13.1 Å². The third-order valence-electron chi connectivity index (χ3n) is 4.17. The fourth-order valence-electron chi connectivity index (χ4n) is 2.93. The van der Waals surface area contributed by atoms with E-state index in [-0.39, 0.29) is 6.03 Å². The Morgan fingerprint density at radius 3 is 2.64 bits per heavy atom. The van der Waals surface area contributed by atoms with E-state index in [9.17, 15) is 4.79 Å². The second-order valence-electron chi connectivity index (χ2n) is 5.88. The van der Waals surface area contributed by atoms with Gasteiger partial charge >= 0.3 is 6.03 Å². The lowest BCUT2D eigenvalue weighted by molar-refractivity contribution is 0.240. The summed E-state index contributed by atoms with van der Waals surface area (Å²) in [6.45, 7) is 0.876. The number of fused-ring (bicyclic) bond motifs is 2. The molecule has 4 rings (SSSR count). The Bertz CT molecular complexity index is 1000. The first-order valence-corrected chi connectivity index (χ1v) is 8.21. The number of urea groups is 1. The summed E-state index contributed by atoms with van der Waals surface area (Å²) in [5, 5.41) is 12.5. The smallest absolute Gasteiger partial charge is 0.315 e. The molecule has 4 aromatic rings.